The van der Waals surface area contributed by atoms with Crippen molar-refractivity contribution >= 4 is 12.0 Å². The van der Waals surface area contributed by atoms with Gasteiger partial charge in [-0.25, -0.2) is 23.5 Å². The van der Waals surface area contributed by atoms with Crippen molar-refractivity contribution in [3.8, 4) is 0 Å². The molecule has 0 unspecified atom stereocenters. The second kappa shape index (κ2) is 10.5. The van der Waals surface area contributed by atoms with Gasteiger partial charge in [0.05, 0.1) is 5.56 Å². The van der Waals surface area contributed by atoms with Gasteiger partial charge in [0, 0.05) is 70.5 Å². The van der Waals surface area contributed by atoms with Crippen molar-refractivity contribution in [2.45, 2.75) is 50.6 Å². The van der Waals surface area contributed by atoms with Crippen molar-refractivity contribution in [3.63, 3.8) is 0 Å². The first kappa shape index (κ1) is 26.1. The Kier molecular flexibility index (Phi) is 7.62. The predicted molar refractivity (Wildman–Crippen MR) is 122 cm³/mol. The number of halogens is 5. The van der Waals surface area contributed by atoms with Crippen LogP contribution in [0.3, 0.4) is 0 Å². The number of alkyl halides is 5. The summed E-state index contributed by atoms with van der Waals surface area (Å²) in [7, 11) is 0. The van der Waals surface area contributed by atoms with E-state index < -0.39 is 35.9 Å². The molecule has 196 valence electrons. The van der Waals surface area contributed by atoms with Gasteiger partial charge in [-0.15, -0.1) is 0 Å². The van der Waals surface area contributed by atoms with E-state index in [0.29, 0.717) is 32.0 Å². The van der Waals surface area contributed by atoms with E-state index in [1.807, 2.05) is 30.3 Å². The molecule has 36 heavy (non-hydrogen) atoms. The molecular weight excluding hydrogens is 485 g/mol. The Labute approximate surface area is 205 Å². The molecular formula is C24H28F5N5O2. The van der Waals surface area contributed by atoms with E-state index in [1.54, 1.807) is 11.8 Å². The highest BCUT2D eigenvalue weighted by Gasteiger charge is 2.47. The van der Waals surface area contributed by atoms with Crippen LogP contribution in [0.25, 0.3) is 0 Å². The summed E-state index contributed by atoms with van der Waals surface area (Å²) in [5.74, 6) is 0.109. The van der Waals surface area contributed by atoms with Crippen LogP contribution >= 0.6 is 0 Å². The molecule has 1 amide bonds. The minimum atomic E-state index is -4.54. The fraction of sp³-hybridized carbons (Fsp3) is 0.542. The van der Waals surface area contributed by atoms with Crippen LogP contribution in [0.1, 0.15) is 30.9 Å². The van der Waals surface area contributed by atoms with Crippen LogP contribution in [-0.2, 0) is 17.5 Å². The number of aromatic nitrogens is 2. The van der Waals surface area contributed by atoms with Crippen LogP contribution in [-0.4, -0.2) is 76.7 Å². The Balaban J connectivity index is 1.34. The third kappa shape index (κ3) is 5.85. The van der Waals surface area contributed by atoms with Crippen LogP contribution in [0.4, 0.5) is 32.7 Å². The summed E-state index contributed by atoms with van der Waals surface area (Å²) in [6, 6.07) is 9.28. The lowest BCUT2D eigenvalue weighted by Crippen LogP contribution is -2.58. The molecule has 4 rings (SSSR count). The molecule has 0 aliphatic carbocycles. The number of ether oxygens (including phenoxy) is 1. The molecule has 0 N–H and O–H groups in total. The summed E-state index contributed by atoms with van der Waals surface area (Å²) in [5.41, 5.74) is -1.71. The maximum absolute atomic E-state index is 14.1. The number of piperazine rings is 1. The average Bonchev–Trinajstić information content (AvgIpc) is 2.85. The first-order valence-electron chi connectivity index (χ1n) is 11.8. The molecule has 1 aromatic carbocycles. The number of rotatable bonds is 5. The van der Waals surface area contributed by atoms with E-state index in [9.17, 15) is 26.7 Å². The topological polar surface area (TPSA) is 61.8 Å². The van der Waals surface area contributed by atoms with E-state index in [4.69, 9.17) is 4.74 Å². The minimum Gasteiger partial charge on any atom is -0.437 e. The molecule has 0 spiro atoms. The number of likely N-dealkylation sites (tertiary alicyclic amines) is 1. The van der Waals surface area contributed by atoms with Crippen molar-refractivity contribution in [1.82, 2.24) is 19.8 Å². The Morgan fingerprint density at radius 3 is 2.28 bits per heavy atom. The number of carbonyl (C=O) groups is 1. The summed E-state index contributed by atoms with van der Waals surface area (Å²) in [4.78, 5) is 25.6. The second-order valence-electron chi connectivity index (χ2n) is 9.25. The standard InChI is InChI=1S/C24H28F5N5O2/c1-17-15-33(21-30-13-19(14-31-21)24(27,28)29)11-12-34(17)22(35)36-23(20(25)26)7-9-32(10-8-23)16-18-5-3-2-4-6-18/h2-6,13-14,17,20H,7-12,15-16H2,1H3/t17-/m1/s1. The molecule has 2 saturated heterocycles. The number of benzene rings is 1. The third-order valence-corrected chi connectivity index (χ3v) is 6.75. The normalized spacial score (nSPS) is 21.0. The number of amides is 1. The summed E-state index contributed by atoms with van der Waals surface area (Å²) < 4.78 is 72.0. The fourth-order valence-corrected chi connectivity index (χ4v) is 4.57. The van der Waals surface area contributed by atoms with Crippen LogP contribution < -0.4 is 4.90 Å². The number of hydrogen-bond acceptors (Lipinski definition) is 6. The highest BCUT2D eigenvalue weighted by atomic mass is 19.4. The van der Waals surface area contributed by atoms with Crippen molar-refractivity contribution in [1.29, 1.82) is 0 Å². The molecule has 2 fully saturated rings. The lowest BCUT2D eigenvalue weighted by atomic mass is 9.91. The molecule has 2 aliphatic heterocycles. The number of piperidine rings is 1. The van der Waals surface area contributed by atoms with Gasteiger partial charge in [-0.2, -0.15) is 13.2 Å². The Morgan fingerprint density at radius 1 is 1.08 bits per heavy atom. The van der Waals surface area contributed by atoms with Gasteiger partial charge in [-0.3, -0.25) is 4.90 Å². The first-order chi connectivity index (χ1) is 17.1. The fourth-order valence-electron chi connectivity index (χ4n) is 4.57. The minimum absolute atomic E-state index is 0.0248. The lowest BCUT2D eigenvalue weighted by molar-refractivity contribution is -0.138. The molecule has 0 bridgehead atoms. The number of nitrogens with zero attached hydrogens (tertiary/aromatic N) is 5. The van der Waals surface area contributed by atoms with Gasteiger partial charge in [0.15, 0.2) is 5.60 Å². The lowest BCUT2D eigenvalue weighted by Gasteiger charge is -2.44. The molecule has 2 aromatic rings. The van der Waals surface area contributed by atoms with Gasteiger partial charge < -0.3 is 14.5 Å². The molecule has 1 aromatic heterocycles. The molecule has 12 heteroatoms. The number of anilines is 1. The van der Waals surface area contributed by atoms with Crippen molar-refractivity contribution < 1.29 is 31.5 Å². The van der Waals surface area contributed by atoms with Gasteiger partial charge in [0.1, 0.15) is 0 Å². The number of carbonyl (C=O) groups excluding carboxylic acids is 1. The van der Waals surface area contributed by atoms with E-state index in [2.05, 4.69) is 14.9 Å². The Morgan fingerprint density at radius 2 is 1.72 bits per heavy atom. The molecule has 7 nitrogen and oxygen atoms in total. The third-order valence-electron chi connectivity index (χ3n) is 6.75. The Hall–Kier alpha value is -3.02. The van der Waals surface area contributed by atoms with Gasteiger partial charge in [0.25, 0.3) is 6.43 Å². The summed E-state index contributed by atoms with van der Waals surface area (Å²) in [6.07, 6.45) is -6.70. The maximum atomic E-state index is 14.1. The molecule has 0 radical (unpaired) electrons. The SMILES string of the molecule is C[C@@H]1CN(c2ncc(C(F)(F)F)cn2)CCN1C(=O)OC1(C(F)F)CCN(Cc2ccccc2)CC1. The van der Waals surface area contributed by atoms with Crippen molar-refractivity contribution in [3.05, 3.63) is 53.9 Å². The molecule has 3 heterocycles. The summed E-state index contributed by atoms with van der Waals surface area (Å²) in [5, 5.41) is 0. The highest BCUT2D eigenvalue weighted by molar-refractivity contribution is 5.69. The summed E-state index contributed by atoms with van der Waals surface area (Å²) in [6.45, 7) is 3.71. The predicted octanol–water partition coefficient (Wildman–Crippen LogP) is 4.44. The number of hydrogen-bond donors (Lipinski definition) is 0. The van der Waals surface area contributed by atoms with Crippen LogP contribution in [0.15, 0.2) is 42.7 Å². The van der Waals surface area contributed by atoms with Crippen LogP contribution in [0, 0.1) is 0 Å². The van der Waals surface area contributed by atoms with Gasteiger partial charge in [0.2, 0.25) is 5.95 Å². The van der Waals surface area contributed by atoms with Crippen LogP contribution in [0.5, 0.6) is 0 Å². The quantitative estimate of drug-likeness (QED) is 0.551. The average molecular weight is 514 g/mol. The smallest absolute Gasteiger partial charge is 0.419 e. The van der Waals surface area contributed by atoms with Gasteiger partial charge >= 0.3 is 12.3 Å². The van der Waals surface area contributed by atoms with Crippen molar-refractivity contribution in [2.75, 3.05) is 37.6 Å². The van der Waals surface area contributed by atoms with Crippen LogP contribution in [0.2, 0.25) is 0 Å². The maximum Gasteiger partial charge on any atom is 0.419 e. The van der Waals surface area contributed by atoms with Crippen molar-refractivity contribution in [2.24, 2.45) is 0 Å². The molecule has 2 aliphatic rings. The monoisotopic (exact) mass is 513 g/mol. The van der Waals surface area contributed by atoms with E-state index >= 15 is 0 Å². The van der Waals surface area contributed by atoms with E-state index in [0.717, 1.165) is 5.56 Å². The molecule has 0 saturated carbocycles. The van der Waals surface area contributed by atoms with Gasteiger partial charge in [-0.1, -0.05) is 30.3 Å². The highest BCUT2D eigenvalue weighted by Crippen LogP contribution is 2.34. The van der Waals surface area contributed by atoms with Gasteiger partial charge in [-0.05, 0) is 12.5 Å². The first-order valence-corrected chi connectivity index (χ1v) is 11.8. The summed E-state index contributed by atoms with van der Waals surface area (Å²) >= 11 is 0. The van der Waals surface area contributed by atoms with E-state index in [1.165, 1.54) is 4.90 Å². The second-order valence-corrected chi connectivity index (χ2v) is 9.25. The largest absolute Gasteiger partial charge is 0.437 e. The zero-order valence-electron chi connectivity index (χ0n) is 19.8. The zero-order chi connectivity index (χ0) is 25.9. The zero-order valence-corrected chi connectivity index (χ0v) is 19.8. The van der Waals surface area contributed by atoms with E-state index in [-0.39, 0.29) is 38.4 Å². The Bertz CT molecular complexity index is 1010. The molecule has 1 atom stereocenters.